The highest BCUT2D eigenvalue weighted by Gasteiger charge is 2.32. The summed E-state index contributed by atoms with van der Waals surface area (Å²) in [4.78, 5) is 0. The molecule has 0 aromatic carbocycles. The van der Waals surface area contributed by atoms with Crippen molar-refractivity contribution in [1.82, 2.24) is 10.6 Å². The minimum Gasteiger partial charge on any atom is -0.390 e. The van der Waals surface area contributed by atoms with Gasteiger partial charge in [-0.15, -0.1) is 0 Å². The highest BCUT2D eigenvalue weighted by atomic mass is 16.3. The first-order valence-corrected chi connectivity index (χ1v) is 6.46. The molecule has 2 rings (SSSR count). The molecule has 2 aliphatic heterocycles. The van der Waals surface area contributed by atoms with Crippen molar-refractivity contribution in [2.45, 2.75) is 57.2 Å². The molecule has 3 N–H and O–H groups in total. The van der Waals surface area contributed by atoms with Gasteiger partial charge in [0, 0.05) is 12.1 Å². The van der Waals surface area contributed by atoms with Crippen LogP contribution >= 0.6 is 0 Å². The lowest BCUT2D eigenvalue weighted by molar-refractivity contribution is 0.0698. The summed E-state index contributed by atoms with van der Waals surface area (Å²) in [6.45, 7) is 4.41. The average molecular weight is 212 g/mol. The van der Waals surface area contributed by atoms with Gasteiger partial charge in [-0.25, -0.2) is 0 Å². The summed E-state index contributed by atoms with van der Waals surface area (Å²) < 4.78 is 0. The number of hydrogen-bond acceptors (Lipinski definition) is 3. The molecule has 2 heterocycles. The summed E-state index contributed by atoms with van der Waals surface area (Å²) in [6.07, 6.45) is 5.83. The van der Waals surface area contributed by atoms with Gasteiger partial charge in [0.25, 0.3) is 0 Å². The molecule has 0 saturated carbocycles. The molecule has 0 bridgehead atoms. The fraction of sp³-hybridized carbons (Fsp3) is 1.00. The van der Waals surface area contributed by atoms with Crippen LogP contribution in [-0.2, 0) is 0 Å². The van der Waals surface area contributed by atoms with Crippen LogP contribution in [-0.4, -0.2) is 36.4 Å². The third kappa shape index (κ3) is 2.71. The molecule has 3 nitrogen and oxygen atoms in total. The predicted octanol–water partition coefficient (Wildman–Crippen LogP) is 0.877. The largest absolute Gasteiger partial charge is 0.390 e. The van der Waals surface area contributed by atoms with Crippen molar-refractivity contribution in [3.8, 4) is 0 Å². The maximum atomic E-state index is 10.3. The normalized spacial score (nSPS) is 39.2. The van der Waals surface area contributed by atoms with Crippen molar-refractivity contribution in [1.29, 1.82) is 0 Å². The van der Waals surface area contributed by atoms with Crippen LogP contribution in [0.15, 0.2) is 0 Å². The molecule has 4 atom stereocenters. The lowest BCUT2D eigenvalue weighted by Crippen LogP contribution is -2.52. The molecule has 0 spiro atoms. The number of aliphatic hydroxyl groups excluding tert-OH is 1. The summed E-state index contributed by atoms with van der Waals surface area (Å²) in [5.41, 5.74) is 0. The van der Waals surface area contributed by atoms with Gasteiger partial charge in [0.05, 0.1) is 6.10 Å². The van der Waals surface area contributed by atoms with Gasteiger partial charge in [-0.2, -0.15) is 0 Å². The second-order valence-corrected chi connectivity index (χ2v) is 5.05. The average Bonchev–Trinajstić information content (AvgIpc) is 2.81. The second-order valence-electron chi connectivity index (χ2n) is 5.05. The number of aliphatic hydroxyl groups is 1. The van der Waals surface area contributed by atoms with E-state index < -0.39 is 0 Å². The van der Waals surface area contributed by atoms with Gasteiger partial charge in [0.1, 0.15) is 0 Å². The molecule has 0 aromatic heterocycles. The summed E-state index contributed by atoms with van der Waals surface area (Å²) in [6, 6.07) is 0.650. The highest BCUT2D eigenvalue weighted by molar-refractivity contribution is 4.92. The van der Waals surface area contributed by atoms with E-state index in [1.807, 2.05) is 0 Å². The van der Waals surface area contributed by atoms with E-state index in [0.717, 1.165) is 31.8 Å². The number of nitrogens with one attached hydrogen (secondary N) is 2. The summed E-state index contributed by atoms with van der Waals surface area (Å²) >= 11 is 0. The van der Waals surface area contributed by atoms with Crippen LogP contribution in [0, 0.1) is 5.92 Å². The van der Waals surface area contributed by atoms with Gasteiger partial charge in [0.15, 0.2) is 0 Å². The molecule has 2 saturated heterocycles. The van der Waals surface area contributed by atoms with E-state index in [1.54, 1.807) is 0 Å². The van der Waals surface area contributed by atoms with Crippen LogP contribution in [0.3, 0.4) is 0 Å². The van der Waals surface area contributed by atoms with Gasteiger partial charge in [0.2, 0.25) is 0 Å². The number of rotatable bonds is 3. The van der Waals surface area contributed by atoms with Crippen LogP contribution in [0.25, 0.3) is 0 Å². The van der Waals surface area contributed by atoms with Crippen LogP contribution in [0.1, 0.15) is 39.0 Å². The van der Waals surface area contributed by atoms with Crippen molar-refractivity contribution in [3.63, 3.8) is 0 Å². The third-order valence-corrected chi connectivity index (χ3v) is 4.05. The Hall–Kier alpha value is -0.120. The standard InChI is InChI=1S/C12H24N2O/c1-2-9-5-7-14-11(8-9)12(15)10-4-3-6-13-10/h9-15H,2-8H2,1H3. The molecule has 3 heteroatoms. The maximum absolute atomic E-state index is 10.3. The van der Waals surface area contributed by atoms with Crippen LogP contribution in [0.2, 0.25) is 0 Å². The lowest BCUT2D eigenvalue weighted by Gasteiger charge is -2.35. The van der Waals surface area contributed by atoms with Crippen molar-refractivity contribution in [2.75, 3.05) is 13.1 Å². The first-order valence-electron chi connectivity index (χ1n) is 6.46. The smallest absolute Gasteiger partial charge is 0.0845 e. The van der Waals surface area contributed by atoms with Gasteiger partial charge in [-0.3, -0.25) is 0 Å². The van der Waals surface area contributed by atoms with Crippen LogP contribution < -0.4 is 10.6 Å². The van der Waals surface area contributed by atoms with Gasteiger partial charge in [-0.05, 0) is 44.7 Å². The molecule has 2 fully saturated rings. The Morgan fingerprint density at radius 3 is 2.67 bits per heavy atom. The monoisotopic (exact) mass is 212 g/mol. The molecule has 2 aliphatic rings. The Kier molecular flexibility index (Phi) is 4.00. The molecule has 0 amide bonds. The van der Waals surface area contributed by atoms with Crippen LogP contribution in [0.4, 0.5) is 0 Å². The van der Waals surface area contributed by atoms with E-state index >= 15 is 0 Å². The Labute approximate surface area is 92.6 Å². The second kappa shape index (κ2) is 5.28. The molecule has 0 aromatic rings. The van der Waals surface area contributed by atoms with Crippen molar-refractivity contribution < 1.29 is 5.11 Å². The van der Waals surface area contributed by atoms with Gasteiger partial charge < -0.3 is 15.7 Å². The zero-order chi connectivity index (χ0) is 10.7. The zero-order valence-electron chi connectivity index (χ0n) is 9.71. The van der Waals surface area contributed by atoms with Crippen molar-refractivity contribution >= 4 is 0 Å². The Morgan fingerprint density at radius 1 is 1.20 bits per heavy atom. The molecule has 4 unspecified atom stereocenters. The Bertz CT molecular complexity index is 192. The predicted molar refractivity (Wildman–Crippen MR) is 61.8 cm³/mol. The molecular formula is C12H24N2O. The summed E-state index contributed by atoms with van der Waals surface area (Å²) in [5, 5.41) is 17.1. The quantitative estimate of drug-likeness (QED) is 0.650. The lowest BCUT2D eigenvalue weighted by atomic mass is 9.86. The molecule has 0 aliphatic carbocycles. The first-order chi connectivity index (χ1) is 7.31. The molecular weight excluding hydrogens is 188 g/mol. The van der Waals surface area contributed by atoms with Crippen molar-refractivity contribution in [3.05, 3.63) is 0 Å². The molecule has 88 valence electrons. The van der Waals surface area contributed by atoms with E-state index in [1.165, 1.54) is 19.3 Å². The molecule has 0 radical (unpaired) electrons. The summed E-state index contributed by atoms with van der Waals surface area (Å²) in [5.74, 6) is 0.812. The first kappa shape index (κ1) is 11.4. The minimum atomic E-state index is -0.193. The highest BCUT2D eigenvalue weighted by Crippen LogP contribution is 2.23. The fourth-order valence-electron chi connectivity index (χ4n) is 2.95. The maximum Gasteiger partial charge on any atom is 0.0845 e. The van der Waals surface area contributed by atoms with E-state index in [9.17, 15) is 5.11 Å². The van der Waals surface area contributed by atoms with E-state index in [-0.39, 0.29) is 6.10 Å². The number of piperidine rings is 1. The van der Waals surface area contributed by atoms with E-state index in [4.69, 9.17) is 0 Å². The summed E-state index contributed by atoms with van der Waals surface area (Å²) in [7, 11) is 0. The van der Waals surface area contributed by atoms with Gasteiger partial charge >= 0.3 is 0 Å². The molecule has 15 heavy (non-hydrogen) atoms. The van der Waals surface area contributed by atoms with E-state index in [2.05, 4.69) is 17.6 Å². The fourth-order valence-corrected chi connectivity index (χ4v) is 2.95. The topological polar surface area (TPSA) is 44.3 Å². The minimum absolute atomic E-state index is 0.193. The van der Waals surface area contributed by atoms with Crippen molar-refractivity contribution in [2.24, 2.45) is 5.92 Å². The van der Waals surface area contributed by atoms with Gasteiger partial charge in [-0.1, -0.05) is 13.3 Å². The zero-order valence-corrected chi connectivity index (χ0v) is 9.71. The SMILES string of the molecule is CCC1CCNC(C(O)C2CCCN2)C1. The Morgan fingerprint density at radius 2 is 2.00 bits per heavy atom. The van der Waals surface area contributed by atoms with E-state index in [0.29, 0.717) is 12.1 Å². The Balaban J connectivity index is 1.85. The number of hydrogen-bond donors (Lipinski definition) is 3. The third-order valence-electron chi connectivity index (χ3n) is 4.05. The van der Waals surface area contributed by atoms with Crippen LogP contribution in [0.5, 0.6) is 0 Å².